The Bertz CT molecular complexity index is 444. The molecule has 1 heterocycles. The van der Waals surface area contributed by atoms with Gasteiger partial charge in [0.25, 0.3) is 10.0 Å². The van der Waals surface area contributed by atoms with Crippen molar-refractivity contribution in [3.8, 4) is 0 Å². The molecule has 0 unspecified atom stereocenters. The van der Waals surface area contributed by atoms with E-state index in [-0.39, 0.29) is 0 Å². The number of aliphatic carboxylic acids is 1. The van der Waals surface area contributed by atoms with Gasteiger partial charge in [-0.25, -0.2) is 4.79 Å². The third-order valence-corrected chi connectivity index (χ3v) is 2.88. The van der Waals surface area contributed by atoms with Gasteiger partial charge in [-0.2, -0.15) is 12.8 Å². The summed E-state index contributed by atoms with van der Waals surface area (Å²) in [7, 11) is -4.14. The lowest BCUT2D eigenvalue weighted by atomic mass is 10.3. The number of rotatable bonds is 2. The first-order valence-corrected chi connectivity index (χ1v) is 4.76. The molecule has 13 heavy (non-hydrogen) atoms. The van der Waals surface area contributed by atoms with Crippen LogP contribution in [0.15, 0.2) is 15.4 Å². The number of nitrogens with zero attached hydrogens (tertiary/aromatic N) is 1. The monoisotopic (exact) mass is 221 g/mol. The van der Waals surface area contributed by atoms with Crippen molar-refractivity contribution in [2.75, 3.05) is 0 Å². The first-order chi connectivity index (χ1) is 5.84. The van der Waals surface area contributed by atoms with Crippen molar-refractivity contribution in [1.82, 2.24) is 0 Å². The van der Waals surface area contributed by atoms with Gasteiger partial charge in [-0.1, -0.05) is 12.6 Å². The normalized spacial score (nSPS) is 19.2. The lowest BCUT2D eigenvalue weighted by Crippen LogP contribution is -2.07. The van der Waals surface area contributed by atoms with E-state index in [4.69, 9.17) is 5.11 Å². The van der Waals surface area contributed by atoms with Crippen LogP contribution in [0.1, 0.15) is 0 Å². The van der Waals surface area contributed by atoms with Crippen molar-refractivity contribution in [2.24, 2.45) is 4.40 Å². The van der Waals surface area contributed by atoms with E-state index in [1.807, 2.05) is 0 Å². The molecular formula is C5H3NO5S2. The Labute approximate surface area is 78.4 Å². The fourth-order valence-electron chi connectivity index (χ4n) is 0.676. The molecule has 1 aliphatic rings. The average molecular weight is 221 g/mol. The van der Waals surface area contributed by atoms with Gasteiger partial charge in [-0.3, -0.25) is 4.79 Å². The Morgan fingerprint density at radius 2 is 2.00 bits per heavy atom. The van der Waals surface area contributed by atoms with Crippen LogP contribution in [-0.4, -0.2) is 30.3 Å². The van der Waals surface area contributed by atoms with Gasteiger partial charge < -0.3 is 5.11 Å². The van der Waals surface area contributed by atoms with Gasteiger partial charge in [0.05, 0.1) is 0 Å². The van der Waals surface area contributed by atoms with E-state index in [0.717, 1.165) is 0 Å². The smallest absolute Gasteiger partial charge is 0.355 e. The predicted octanol–water partition coefficient (Wildman–Crippen LogP) is -0.804. The number of sulfonamides is 1. The van der Waals surface area contributed by atoms with Gasteiger partial charge in [-0.15, -0.1) is 0 Å². The molecule has 0 amide bonds. The summed E-state index contributed by atoms with van der Waals surface area (Å²) >= 11 is 3.26. The summed E-state index contributed by atoms with van der Waals surface area (Å²) in [5.41, 5.74) is -0.683. The minimum absolute atomic E-state index is 0.674. The van der Waals surface area contributed by atoms with Crippen LogP contribution in [0.3, 0.4) is 0 Å². The zero-order valence-corrected chi connectivity index (χ0v) is 7.67. The molecule has 1 N–H and O–H groups in total. The van der Waals surface area contributed by atoms with Gasteiger partial charge >= 0.3 is 5.97 Å². The third kappa shape index (κ3) is 1.78. The topological polar surface area (TPSA) is 101 Å². The molecular weight excluding hydrogens is 218 g/mol. The maximum Gasteiger partial charge on any atom is 0.355 e. The second kappa shape index (κ2) is 2.96. The number of carboxylic acids is 1. The van der Waals surface area contributed by atoms with Gasteiger partial charge in [0.2, 0.25) is 5.12 Å². The van der Waals surface area contributed by atoms with E-state index in [1.165, 1.54) is 0 Å². The first kappa shape index (κ1) is 9.93. The molecule has 0 spiro atoms. The second-order valence-corrected chi connectivity index (χ2v) is 4.05. The molecule has 0 aromatic carbocycles. The summed E-state index contributed by atoms with van der Waals surface area (Å²) in [6.45, 7) is 0. The number of carbonyl (C=O) groups excluding carboxylic acids is 1. The van der Waals surface area contributed by atoms with Crippen LogP contribution in [0, 0.1) is 0 Å². The molecule has 0 radical (unpaired) electrons. The van der Waals surface area contributed by atoms with Gasteiger partial charge in [0, 0.05) is 0 Å². The van der Waals surface area contributed by atoms with E-state index >= 15 is 0 Å². The third-order valence-electron chi connectivity index (χ3n) is 1.19. The molecule has 70 valence electrons. The molecule has 1 rings (SSSR count). The molecule has 0 atom stereocenters. The maximum atomic E-state index is 10.9. The molecule has 0 aromatic heterocycles. The SMILES string of the molecule is O=C(O)C1=NS(=O)(=O)C(C(=O)S)=C1. The summed E-state index contributed by atoms with van der Waals surface area (Å²) in [5, 5.41) is 7.34. The van der Waals surface area contributed by atoms with E-state index in [0.29, 0.717) is 6.08 Å². The first-order valence-electron chi connectivity index (χ1n) is 2.88. The Hall–Kier alpha value is -1.15. The summed E-state index contributed by atoms with van der Waals surface area (Å²) in [6, 6.07) is 0. The van der Waals surface area contributed by atoms with E-state index < -0.39 is 31.7 Å². The molecule has 1 aliphatic heterocycles. The lowest BCUT2D eigenvalue weighted by molar-refractivity contribution is -0.129. The van der Waals surface area contributed by atoms with Crippen molar-refractivity contribution in [3.63, 3.8) is 0 Å². The highest BCUT2D eigenvalue weighted by atomic mass is 32.2. The highest BCUT2D eigenvalue weighted by Gasteiger charge is 2.31. The second-order valence-electron chi connectivity index (χ2n) is 2.07. The fraction of sp³-hybridized carbons (Fsp3) is 0. The van der Waals surface area contributed by atoms with Crippen molar-refractivity contribution >= 4 is 39.4 Å². The van der Waals surface area contributed by atoms with Gasteiger partial charge in [0.1, 0.15) is 4.91 Å². The molecule has 0 saturated carbocycles. The van der Waals surface area contributed by atoms with Crippen LogP contribution in [-0.2, 0) is 19.6 Å². The van der Waals surface area contributed by atoms with Crippen LogP contribution in [0.2, 0.25) is 0 Å². The minimum Gasteiger partial charge on any atom is -0.476 e. The molecule has 0 aromatic rings. The van der Waals surface area contributed by atoms with Crippen LogP contribution in [0.4, 0.5) is 0 Å². The summed E-state index contributed by atoms with van der Waals surface area (Å²) in [5.74, 6) is -1.51. The van der Waals surface area contributed by atoms with Crippen LogP contribution in [0.25, 0.3) is 0 Å². The Balaban J connectivity index is 3.28. The Morgan fingerprint density at radius 1 is 1.46 bits per heavy atom. The van der Waals surface area contributed by atoms with E-state index in [1.54, 1.807) is 0 Å². The standard InChI is InChI=1S/C5H3NO5S2/c7-4(8)2-1-3(5(9)12)13(10,11)6-2/h1H,(H,7,8)(H,9,12). The number of carbonyl (C=O) groups is 2. The predicted molar refractivity (Wildman–Crippen MR) is 46.1 cm³/mol. The summed E-state index contributed by atoms with van der Waals surface area (Å²) in [4.78, 5) is 20.1. The molecule has 0 aliphatic carbocycles. The highest BCUT2D eigenvalue weighted by Crippen LogP contribution is 2.18. The highest BCUT2D eigenvalue weighted by molar-refractivity contribution is 8.03. The summed E-state index contributed by atoms with van der Waals surface area (Å²) in [6.07, 6.45) is 0.674. The molecule has 8 heteroatoms. The van der Waals surface area contributed by atoms with Crippen molar-refractivity contribution in [3.05, 3.63) is 11.0 Å². The Kier molecular flexibility index (Phi) is 2.26. The minimum atomic E-state index is -4.14. The van der Waals surface area contributed by atoms with Crippen molar-refractivity contribution in [2.45, 2.75) is 0 Å². The fourth-order valence-corrected chi connectivity index (χ4v) is 2.06. The molecule has 6 nitrogen and oxygen atoms in total. The van der Waals surface area contributed by atoms with Crippen molar-refractivity contribution in [1.29, 1.82) is 0 Å². The van der Waals surface area contributed by atoms with Crippen LogP contribution >= 0.6 is 12.6 Å². The molecule has 0 bridgehead atoms. The van der Waals surface area contributed by atoms with E-state index in [2.05, 4.69) is 17.0 Å². The molecule has 0 saturated heterocycles. The largest absolute Gasteiger partial charge is 0.476 e. The number of carboxylic acid groups (broad SMARTS) is 1. The summed E-state index contributed by atoms with van der Waals surface area (Å²) < 4.78 is 24.7. The zero-order chi connectivity index (χ0) is 10.2. The van der Waals surface area contributed by atoms with Crippen LogP contribution in [0.5, 0.6) is 0 Å². The lowest BCUT2D eigenvalue weighted by Gasteiger charge is -1.89. The quantitative estimate of drug-likeness (QED) is 0.594. The van der Waals surface area contributed by atoms with Gasteiger partial charge in [-0.05, 0) is 6.08 Å². The van der Waals surface area contributed by atoms with Crippen molar-refractivity contribution < 1.29 is 23.1 Å². The maximum absolute atomic E-state index is 10.9. The number of hydrogen-bond acceptors (Lipinski definition) is 4. The average Bonchev–Trinajstić information content (AvgIpc) is 2.25. The molecule has 0 fully saturated rings. The van der Waals surface area contributed by atoms with Crippen LogP contribution < -0.4 is 0 Å². The van der Waals surface area contributed by atoms with Gasteiger partial charge in [0.15, 0.2) is 5.71 Å². The number of hydrogen-bond donors (Lipinski definition) is 2. The Morgan fingerprint density at radius 3 is 2.23 bits per heavy atom. The zero-order valence-electron chi connectivity index (χ0n) is 5.96. The van der Waals surface area contributed by atoms with E-state index in [9.17, 15) is 18.0 Å². The number of thiol groups is 1.